The predicted octanol–water partition coefficient (Wildman–Crippen LogP) is 3.21. The predicted molar refractivity (Wildman–Crippen MR) is 87.4 cm³/mol. The Morgan fingerprint density at radius 3 is 2.81 bits per heavy atom. The number of pyridine rings is 1. The molecule has 0 aliphatic heterocycles. The molecule has 2 aromatic heterocycles. The van der Waals surface area contributed by atoms with Crippen LogP contribution < -0.4 is 5.32 Å². The summed E-state index contributed by atoms with van der Waals surface area (Å²) < 4.78 is 7.85. The summed E-state index contributed by atoms with van der Waals surface area (Å²) >= 11 is 0. The van der Waals surface area contributed by atoms with Crippen LogP contribution in [0.1, 0.15) is 33.3 Å². The molecule has 116 valence electrons. The van der Waals surface area contributed by atoms with E-state index in [1.165, 1.54) is 10.9 Å². The van der Waals surface area contributed by atoms with Crippen LogP contribution in [0.2, 0.25) is 0 Å². The summed E-state index contributed by atoms with van der Waals surface area (Å²) in [5.41, 5.74) is 2.36. The average molecular weight is 289 g/mol. The van der Waals surface area contributed by atoms with Crippen LogP contribution in [-0.4, -0.2) is 28.8 Å². The van der Waals surface area contributed by atoms with Crippen molar-refractivity contribution in [2.45, 2.75) is 46.9 Å². The highest BCUT2D eigenvalue weighted by Crippen LogP contribution is 2.19. The average Bonchev–Trinajstić information content (AvgIpc) is 2.77. The van der Waals surface area contributed by atoms with Crippen molar-refractivity contribution in [3.05, 3.63) is 30.1 Å². The van der Waals surface area contributed by atoms with E-state index < -0.39 is 0 Å². The Morgan fingerprint density at radius 2 is 2.10 bits per heavy atom. The van der Waals surface area contributed by atoms with Crippen LogP contribution in [-0.2, 0) is 17.8 Å². The molecule has 0 aliphatic carbocycles. The van der Waals surface area contributed by atoms with Crippen molar-refractivity contribution in [2.24, 2.45) is 5.92 Å². The SMILES string of the molecule is CC(C)CNCc1cn(CCOC(C)C)c2ncccc12. The first kappa shape index (κ1) is 16.0. The lowest BCUT2D eigenvalue weighted by Gasteiger charge is -2.08. The van der Waals surface area contributed by atoms with Crippen LogP contribution in [0.25, 0.3) is 11.0 Å². The van der Waals surface area contributed by atoms with Crippen molar-refractivity contribution in [3.63, 3.8) is 0 Å². The van der Waals surface area contributed by atoms with E-state index in [0.717, 1.165) is 31.9 Å². The van der Waals surface area contributed by atoms with Crippen LogP contribution >= 0.6 is 0 Å². The van der Waals surface area contributed by atoms with Gasteiger partial charge in [0.25, 0.3) is 0 Å². The first-order valence-electron chi connectivity index (χ1n) is 7.83. The van der Waals surface area contributed by atoms with E-state index in [-0.39, 0.29) is 6.10 Å². The van der Waals surface area contributed by atoms with Gasteiger partial charge in [-0.15, -0.1) is 0 Å². The zero-order valence-electron chi connectivity index (χ0n) is 13.6. The first-order chi connectivity index (χ1) is 10.1. The Labute approximate surface area is 127 Å². The minimum Gasteiger partial charge on any atom is -0.377 e. The van der Waals surface area contributed by atoms with Gasteiger partial charge >= 0.3 is 0 Å². The highest BCUT2D eigenvalue weighted by Gasteiger charge is 2.09. The molecule has 0 aliphatic rings. The second kappa shape index (κ2) is 7.57. The fraction of sp³-hybridized carbons (Fsp3) is 0.588. The van der Waals surface area contributed by atoms with E-state index in [4.69, 9.17) is 4.74 Å². The fourth-order valence-electron chi connectivity index (χ4n) is 2.39. The molecule has 1 N–H and O–H groups in total. The molecular weight excluding hydrogens is 262 g/mol. The number of ether oxygens (including phenoxy) is 1. The second-order valence-electron chi connectivity index (χ2n) is 6.17. The summed E-state index contributed by atoms with van der Waals surface area (Å²) in [6.45, 7) is 12.1. The van der Waals surface area contributed by atoms with Crippen LogP contribution in [0.15, 0.2) is 24.5 Å². The van der Waals surface area contributed by atoms with Crippen LogP contribution in [0, 0.1) is 5.92 Å². The molecule has 0 radical (unpaired) electrons. The number of nitrogens with zero attached hydrogens (tertiary/aromatic N) is 2. The molecule has 0 saturated heterocycles. The van der Waals surface area contributed by atoms with Crippen molar-refractivity contribution in [3.8, 4) is 0 Å². The summed E-state index contributed by atoms with van der Waals surface area (Å²) in [6.07, 6.45) is 4.33. The van der Waals surface area contributed by atoms with Gasteiger partial charge in [-0.05, 0) is 44.0 Å². The highest BCUT2D eigenvalue weighted by atomic mass is 16.5. The van der Waals surface area contributed by atoms with Gasteiger partial charge in [-0.3, -0.25) is 0 Å². The molecule has 0 spiro atoms. The van der Waals surface area contributed by atoms with Crippen LogP contribution in [0.3, 0.4) is 0 Å². The minimum absolute atomic E-state index is 0.270. The van der Waals surface area contributed by atoms with Gasteiger partial charge in [0.15, 0.2) is 0 Å². The zero-order chi connectivity index (χ0) is 15.2. The lowest BCUT2D eigenvalue weighted by Crippen LogP contribution is -2.18. The molecule has 2 heterocycles. The number of rotatable bonds is 8. The van der Waals surface area contributed by atoms with Gasteiger partial charge in [-0.1, -0.05) is 13.8 Å². The summed E-state index contributed by atoms with van der Waals surface area (Å²) in [5, 5.41) is 4.74. The quantitative estimate of drug-likeness (QED) is 0.811. The van der Waals surface area contributed by atoms with Crippen LogP contribution in [0.5, 0.6) is 0 Å². The Balaban J connectivity index is 2.10. The van der Waals surface area contributed by atoms with E-state index >= 15 is 0 Å². The van der Waals surface area contributed by atoms with Crippen molar-refractivity contribution in [1.82, 2.24) is 14.9 Å². The molecule has 0 fully saturated rings. The maximum atomic E-state index is 5.65. The Morgan fingerprint density at radius 1 is 1.29 bits per heavy atom. The fourth-order valence-corrected chi connectivity index (χ4v) is 2.39. The smallest absolute Gasteiger partial charge is 0.140 e. The molecule has 0 amide bonds. The summed E-state index contributed by atoms with van der Waals surface area (Å²) in [7, 11) is 0. The Kier molecular flexibility index (Phi) is 5.76. The number of hydrogen-bond donors (Lipinski definition) is 1. The second-order valence-corrected chi connectivity index (χ2v) is 6.17. The van der Waals surface area contributed by atoms with Gasteiger partial charge in [0, 0.05) is 30.9 Å². The van der Waals surface area contributed by atoms with Crippen molar-refractivity contribution >= 4 is 11.0 Å². The molecule has 2 aromatic rings. The Hall–Kier alpha value is -1.39. The molecule has 0 atom stereocenters. The maximum absolute atomic E-state index is 5.65. The lowest BCUT2D eigenvalue weighted by atomic mass is 10.2. The zero-order valence-corrected chi connectivity index (χ0v) is 13.6. The molecule has 0 unspecified atom stereocenters. The summed E-state index contributed by atoms with van der Waals surface area (Å²) in [5.74, 6) is 0.663. The first-order valence-corrected chi connectivity index (χ1v) is 7.83. The van der Waals surface area contributed by atoms with Crippen molar-refractivity contribution in [1.29, 1.82) is 0 Å². The van der Waals surface area contributed by atoms with E-state index in [9.17, 15) is 0 Å². The molecule has 0 bridgehead atoms. The highest BCUT2D eigenvalue weighted by molar-refractivity contribution is 5.80. The number of aromatic nitrogens is 2. The third-order valence-electron chi connectivity index (χ3n) is 3.37. The monoisotopic (exact) mass is 289 g/mol. The van der Waals surface area contributed by atoms with Crippen molar-refractivity contribution in [2.75, 3.05) is 13.2 Å². The number of nitrogens with one attached hydrogen (secondary N) is 1. The van der Waals surface area contributed by atoms with Crippen molar-refractivity contribution < 1.29 is 4.74 Å². The summed E-state index contributed by atoms with van der Waals surface area (Å²) in [6, 6.07) is 4.15. The van der Waals surface area contributed by atoms with Gasteiger partial charge in [0.1, 0.15) is 5.65 Å². The third-order valence-corrected chi connectivity index (χ3v) is 3.37. The topological polar surface area (TPSA) is 39.1 Å². The molecular formula is C17H27N3O. The van der Waals surface area contributed by atoms with Gasteiger partial charge in [0.2, 0.25) is 0 Å². The minimum atomic E-state index is 0.270. The third kappa shape index (κ3) is 4.55. The van der Waals surface area contributed by atoms with Gasteiger partial charge in [-0.25, -0.2) is 4.98 Å². The van der Waals surface area contributed by atoms with Gasteiger partial charge in [-0.2, -0.15) is 0 Å². The van der Waals surface area contributed by atoms with Gasteiger partial charge < -0.3 is 14.6 Å². The maximum Gasteiger partial charge on any atom is 0.140 e. The standard InChI is InChI=1S/C17H27N3O/c1-13(2)10-18-11-15-12-20(8-9-21-14(3)4)17-16(15)6-5-7-19-17/h5-7,12-14,18H,8-11H2,1-4H3. The van der Waals surface area contributed by atoms with E-state index in [1.54, 1.807) is 0 Å². The molecule has 4 nitrogen and oxygen atoms in total. The Bertz CT molecular complexity index is 512. The van der Waals surface area contributed by atoms with E-state index in [0.29, 0.717) is 5.92 Å². The number of fused-ring (bicyclic) bond motifs is 1. The van der Waals surface area contributed by atoms with Gasteiger partial charge in [0.05, 0.1) is 12.7 Å². The molecule has 21 heavy (non-hydrogen) atoms. The molecule has 0 aromatic carbocycles. The molecule has 2 rings (SSSR count). The summed E-state index contributed by atoms with van der Waals surface area (Å²) in [4.78, 5) is 4.52. The van der Waals surface area contributed by atoms with E-state index in [1.807, 2.05) is 12.3 Å². The molecule has 4 heteroatoms. The largest absolute Gasteiger partial charge is 0.377 e. The number of hydrogen-bond acceptors (Lipinski definition) is 3. The van der Waals surface area contributed by atoms with Crippen LogP contribution in [0.4, 0.5) is 0 Å². The van der Waals surface area contributed by atoms with E-state index in [2.05, 4.69) is 54.8 Å². The normalized spacial score (nSPS) is 11.9. The molecule has 0 saturated carbocycles. The lowest BCUT2D eigenvalue weighted by molar-refractivity contribution is 0.0732.